The van der Waals surface area contributed by atoms with Crippen molar-refractivity contribution in [1.29, 1.82) is 0 Å². The summed E-state index contributed by atoms with van der Waals surface area (Å²) < 4.78 is 6.09. The van der Waals surface area contributed by atoms with Gasteiger partial charge < -0.3 is 9.84 Å². The first kappa shape index (κ1) is 21.6. The van der Waals surface area contributed by atoms with E-state index in [1.54, 1.807) is 43.5 Å². The molecule has 0 bridgehead atoms. The number of aliphatic hydroxyl groups is 1. The molecule has 6 nitrogen and oxygen atoms in total. The molecule has 0 aliphatic carbocycles. The third-order valence-corrected chi connectivity index (χ3v) is 7.65. The predicted octanol–water partition coefficient (Wildman–Crippen LogP) is 5.95. The molecule has 9 heteroatoms. The Kier molecular flexibility index (Phi) is 5.44. The summed E-state index contributed by atoms with van der Waals surface area (Å²) in [5.74, 6) is -1.05. The number of rotatable bonds is 4. The molecule has 0 spiro atoms. The van der Waals surface area contributed by atoms with E-state index in [0.717, 1.165) is 15.1 Å². The average Bonchev–Trinajstić information content (AvgIpc) is 3.52. The zero-order valence-electron chi connectivity index (χ0n) is 17.5. The van der Waals surface area contributed by atoms with E-state index in [4.69, 9.17) is 16.3 Å². The number of fused-ring (bicyclic) bond motifs is 1. The van der Waals surface area contributed by atoms with E-state index in [0.29, 0.717) is 27.0 Å². The van der Waals surface area contributed by atoms with Crippen molar-refractivity contribution in [2.45, 2.75) is 13.0 Å². The van der Waals surface area contributed by atoms with Gasteiger partial charge in [0, 0.05) is 15.5 Å². The van der Waals surface area contributed by atoms with E-state index < -0.39 is 17.7 Å². The standard InChI is InChI=1S/C24H17ClN2O4S2/c1-12-10-13(5-8-16(12)31-2)21(28)19-20(17-4-3-9-32-17)27(23(30)22(19)29)24-26-15-7-6-14(25)11-18(15)33-24/h3-11,20,28H,1-2H3/b21-19+. The van der Waals surface area contributed by atoms with Crippen LogP contribution in [0.2, 0.25) is 5.02 Å². The second-order valence-electron chi connectivity index (χ2n) is 7.48. The number of ketones is 1. The van der Waals surface area contributed by atoms with Gasteiger partial charge >= 0.3 is 5.91 Å². The highest BCUT2D eigenvalue weighted by molar-refractivity contribution is 7.22. The quantitative estimate of drug-likeness (QED) is 0.214. The van der Waals surface area contributed by atoms with E-state index >= 15 is 0 Å². The predicted molar refractivity (Wildman–Crippen MR) is 131 cm³/mol. The van der Waals surface area contributed by atoms with Gasteiger partial charge in [-0.3, -0.25) is 14.5 Å². The highest BCUT2D eigenvalue weighted by Gasteiger charge is 2.48. The first-order valence-corrected chi connectivity index (χ1v) is 12.0. The number of ether oxygens (including phenoxy) is 1. The highest BCUT2D eigenvalue weighted by atomic mass is 35.5. The molecule has 1 amide bonds. The van der Waals surface area contributed by atoms with E-state index in [2.05, 4.69) is 4.98 Å². The molecule has 1 aliphatic heterocycles. The third-order valence-electron chi connectivity index (χ3n) is 5.47. The van der Waals surface area contributed by atoms with E-state index in [-0.39, 0.29) is 11.3 Å². The molecule has 0 saturated carbocycles. The fourth-order valence-corrected chi connectivity index (χ4v) is 6.01. The number of carbonyl (C=O) groups is 2. The van der Waals surface area contributed by atoms with Crippen LogP contribution < -0.4 is 9.64 Å². The van der Waals surface area contributed by atoms with E-state index in [1.807, 2.05) is 24.4 Å². The smallest absolute Gasteiger partial charge is 0.301 e. The van der Waals surface area contributed by atoms with Crippen molar-refractivity contribution < 1.29 is 19.4 Å². The molecule has 1 fully saturated rings. The number of aliphatic hydroxyl groups excluding tert-OH is 1. The van der Waals surface area contributed by atoms with Crippen molar-refractivity contribution in [3.05, 3.63) is 80.5 Å². The molecule has 3 heterocycles. The molecule has 2 aromatic carbocycles. The Balaban J connectivity index is 1.70. The van der Waals surface area contributed by atoms with Crippen molar-refractivity contribution in [1.82, 2.24) is 4.98 Å². The number of Topliss-reactive ketones (excluding diaryl/α,β-unsaturated/α-hetero) is 1. The Morgan fingerprint density at radius 1 is 1.18 bits per heavy atom. The Bertz CT molecular complexity index is 1440. The minimum absolute atomic E-state index is 0.0318. The summed E-state index contributed by atoms with van der Waals surface area (Å²) >= 11 is 8.79. The number of hydrogen-bond acceptors (Lipinski definition) is 7. The first-order valence-electron chi connectivity index (χ1n) is 9.94. The van der Waals surface area contributed by atoms with Crippen molar-refractivity contribution in [3.63, 3.8) is 0 Å². The largest absolute Gasteiger partial charge is 0.507 e. The van der Waals surface area contributed by atoms with Gasteiger partial charge in [0.05, 0.1) is 22.9 Å². The van der Waals surface area contributed by atoms with E-state index in [9.17, 15) is 14.7 Å². The molecule has 1 saturated heterocycles. The molecule has 0 radical (unpaired) electrons. The lowest BCUT2D eigenvalue weighted by molar-refractivity contribution is -0.132. The Morgan fingerprint density at radius 2 is 2.00 bits per heavy atom. The second-order valence-corrected chi connectivity index (χ2v) is 9.90. The summed E-state index contributed by atoms with van der Waals surface area (Å²) in [5.41, 5.74) is 1.94. The zero-order chi connectivity index (χ0) is 23.3. The zero-order valence-corrected chi connectivity index (χ0v) is 19.9. The number of methoxy groups -OCH3 is 1. The van der Waals surface area contributed by atoms with Crippen LogP contribution in [0.4, 0.5) is 5.13 Å². The molecule has 4 aromatic rings. The number of anilines is 1. The molecule has 1 N–H and O–H groups in total. The number of halogens is 1. The van der Waals surface area contributed by atoms with Gasteiger partial charge in [0.2, 0.25) is 0 Å². The van der Waals surface area contributed by atoms with Crippen LogP contribution in [0, 0.1) is 6.92 Å². The maximum absolute atomic E-state index is 13.2. The number of amides is 1. The van der Waals surface area contributed by atoms with Crippen molar-refractivity contribution in [2.75, 3.05) is 12.0 Å². The van der Waals surface area contributed by atoms with Gasteiger partial charge in [0.1, 0.15) is 17.6 Å². The molecule has 1 unspecified atom stereocenters. The fourth-order valence-electron chi connectivity index (χ4n) is 3.92. The summed E-state index contributed by atoms with van der Waals surface area (Å²) in [6.07, 6.45) is 0. The Labute approximate surface area is 202 Å². The van der Waals surface area contributed by atoms with E-state index in [1.165, 1.54) is 27.6 Å². The molecule has 1 atom stereocenters. The van der Waals surface area contributed by atoms with Gasteiger partial charge in [-0.25, -0.2) is 4.98 Å². The minimum Gasteiger partial charge on any atom is -0.507 e. The van der Waals surface area contributed by atoms with Gasteiger partial charge in [-0.1, -0.05) is 29.0 Å². The summed E-state index contributed by atoms with van der Waals surface area (Å²) in [5, 5.41) is 14.0. The number of carbonyl (C=O) groups excluding carboxylic acids is 2. The summed E-state index contributed by atoms with van der Waals surface area (Å²) in [6.45, 7) is 1.84. The number of thiazole rings is 1. The SMILES string of the molecule is COc1ccc(/C(O)=C2\C(=O)C(=O)N(c3nc4ccc(Cl)cc4s3)C2c2cccs2)cc1C. The first-order chi connectivity index (χ1) is 15.9. The van der Waals surface area contributed by atoms with Crippen LogP contribution in [0.3, 0.4) is 0 Å². The number of aromatic nitrogens is 1. The summed E-state index contributed by atoms with van der Waals surface area (Å²) in [6, 6.07) is 13.3. The molecule has 166 valence electrons. The molecule has 5 rings (SSSR count). The van der Waals surface area contributed by atoms with Gasteiger partial charge in [0.15, 0.2) is 5.13 Å². The van der Waals surface area contributed by atoms with Crippen LogP contribution in [-0.2, 0) is 9.59 Å². The van der Waals surface area contributed by atoms with Crippen molar-refractivity contribution in [2.24, 2.45) is 0 Å². The fraction of sp³-hybridized carbons (Fsp3) is 0.125. The number of benzene rings is 2. The molecular weight excluding hydrogens is 480 g/mol. The van der Waals surface area contributed by atoms with Crippen molar-refractivity contribution in [3.8, 4) is 5.75 Å². The highest BCUT2D eigenvalue weighted by Crippen LogP contribution is 2.45. The molecular formula is C24H17ClN2O4S2. The lowest BCUT2D eigenvalue weighted by atomic mass is 9.99. The van der Waals surface area contributed by atoms with Gasteiger partial charge in [-0.05, 0) is 60.3 Å². The van der Waals surface area contributed by atoms with Gasteiger partial charge in [-0.2, -0.15) is 0 Å². The third kappa shape index (κ3) is 3.60. The van der Waals surface area contributed by atoms with Crippen LogP contribution in [0.15, 0.2) is 59.5 Å². The topological polar surface area (TPSA) is 79.7 Å². The number of nitrogens with zero attached hydrogens (tertiary/aromatic N) is 2. The van der Waals surface area contributed by atoms with Gasteiger partial charge in [-0.15, -0.1) is 11.3 Å². The van der Waals surface area contributed by atoms with Crippen LogP contribution >= 0.6 is 34.3 Å². The lowest BCUT2D eigenvalue weighted by Crippen LogP contribution is -2.28. The van der Waals surface area contributed by atoms with Crippen LogP contribution in [-0.4, -0.2) is 28.9 Å². The maximum atomic E-state index is 13.2. The lowest BCUT2D eigenvalue weighted by Gasteiger charge is -2.21. The summed E-state index contributed by atoms with van der Waals surface area (Å²) in [7, 11) is 1.56. The molecule has 1 aliphatic rings. The second kappa shape index (κ2) is 8.30. The monoisotopic (exact) mass is 496 g/mol. The maximum Gasteiger partial charge on any atom is 0.301 e. The minimum atomic E-state index is -0.788. The normalized spacial score (nSPS) is 17.8. The summed E-state index contributed by atoms with van der Waals surface area (Å²) in [4.78, 5) is 33.1. The Hall–Kier alpha value is -3.20. The van der Waals surface area contributed by atoms with Crippen LogP contribution in [0.25, 0.3) is 16.0 Å². The van der Waals surface area contributed by atoms with Crippen molar-refractivity contribution >= 4 is 67.1 Å². The number of hydrogen-bond donors (Lipinski definition) is 1. The molecule has 33 heavy (non-hydrogen) atoms. The number of aryl methyl sites for hydroxylation is 1. The average molecular weight is 497 g/mol. The Morgan fingerprint density at radius 3 is 2.70 bits per heavy atom. The van der Waals surface area contributed by atoms with Crippen LogP contribution in [0.5, 0.6) is 5.75 Å². The number of thiophene rings is 1. The molecule has 2 aromatic heterocycles. The van der Waals surface area contributed by atoms with Crippen LogP contribution in [0.1, 0.15) is 22.0 Å². The van der Waals surface area contributed by atoms with Gasteiger partial charge in [0.25, 0.3) is 5.78 Å².